The van der Waals surface area contributed by atoms with Crippen LogP contribution in [0.5, 0.6) is 0 Å². The van der Waals surface area contributed by atoms with E-state index >= 15 is 0 Å². The maximum absolute atomic E-state index is 11.0. The van der Waals surface area contributed by atoms with E-state index in [1.165, 1.54) is 20.0 Å². The molecule has 70 valence electrons. The molecule has 1 aliphatic carbocycles. The quantitative estimate of drug-likeness (QED) is 0.664. The Morgan fingerprint density at radius 2 is 2.33 bits per heavy atom. The van der Waals surface area contributed by atoms with Crippen molar-refractivity contribution in [3.05, 3.63) is 0 Å². The van der Waals surface area contributed by atoms with Gasteiger partial charge in [-0.25, -0.2) is 0 Å². The number of hydrogen-bond acceptors (Lipinski definition) is 2. The number of nitrogens with one attached hydrogen (secondary N) is 1. The van der Waals surface area contributed by atoms with Crippen molar-refractivity contribution in [1.82, 2.24) is 5.32 Å². The number of methoxy groups -OCH3 is 1. The summed E-state index contributed by atoms with van der Waals surface area (Å²) < 4.78 is 4.70. The van der Waals surface area contributed by atoms with Crippen molar-refractivity contribution in [2.45, 2.75) is 19.8 Å². The average Bonchev–Trinajstić information content (AvgIpc) is 2.83. The summed E-state index contributed by atoms with van der Waals surface area (Å²) in [6, 6.07) is 0. The Kier molecular flexibility index (Phi) is 3.53. The van der Waals surface area contributed by atoms with Crippen LogP contribution in [-0.2, 0) is 9.53 Å². The molecule has 0 heterocycles. The van der Waals surface area contributed by atoms with Gasteiger partial charge in [-0.05, 0) is 24.7 Å². The zero-order valence-electron chi connectivity index (χ0n) is 7.80. The molecule has 0 saturated heterocycles. The molecule has 1 amide bonds. The Labute approximate surface area is 73.5 Å². The molecule has 1 unspecified atom stereocenters. The zero-order chi connectivity index (χ0) is 8.97. The van der Waals surface area contributed by atoms with Gasteiger partial charge in [-0.2, -0.15) is 0 Å². The lowest BCUT2D eigenvalue weighted by Crippen LogP contribution is -2.31. The van der Waals surface area contributed by atoms with Gasteiger partial charge in [0.25, 0.3) is 0 Å². The molecule has 0 spiro atoms. The number of amides is 1. The SMILES string of the molecule is COCC(=O)NCC(C)C1CC1. The summed E-state index contributed by atoms with van der Waals surface area (Å²) in [4.78, 5) is 11.0. The van der Waals surface area contributed by atoms with Gasteiger partial charge in [-0.3, -0.25) is 4.79 Å². The van der Waals surface area contributed by atoms with Gasteiger partial charge in [0.2, 0.25) is 5.91 Å². The lowest BCUT2D eigenvalue weighted by molar-refractivity contribution is -0.124. The molecule has 1 fully saturated rings. The Balaban J connectivity index is 2.03. The Hall–Kier alpha value is -0.570. The van der Waals surface area contributed by atoms with Crippen LogP contribution < -0.4 is 5.32 Å². The predicted molar refractivity (Wildman–Crippen MR) is 46.8 cm³/mol. The van der Waals surface area contributed by atoms with Crippen LogP contribution in [0.4, 0.5) is 0 Å². The van der Waals surface area contributed by atoms with Crippen molar-refractivity contribution in [3.63, 3.8) is 0 Å². The fourth-order valence-electron chi connectivity index (χ4n) is 1.29. The highest BCUT2D eigenvalue weighted by atomic mass is 16.5. The first-order chi connectivity index (χ1) is 5.74. The third kappa shape index (κ3) is 3.22. The van der Waals surface area contributed by atoms with Crippen LogP contribution >= 0.6 is 0 Å². The van der Waals surface area contributed by atoms with E-state index in [-0.39, 0.29) is 12.5 Å². The second-order valence-electron chi connectivity index (χ2n) is 3.55. The van der Waals surface area contributed by atoms with E-state index in [0.29, 0.717) is 5.92 Å². The van der Waals surface area contributed by atoms with E-state index in [1.54, 1.807) is 0 Å². The molecule has 0 aliphatic heterocycles. The molecule has 12 heavy (non-hydrogen) atoms. The van der Waals surface area contributed by atoms with E-state index < -0.39 is 0 Å². The molecule has 0 bridgehead atoms. The molecular weight excluding hydrogens is 154 g/mol. The van der Waals surface area contributed by atoms with Crippen LogP contribution in [0.1, 0.15) is 19.8 Å². The highest BCUT2D eigenvalue weighted by Gasteiger charge is 2.27. The molecule has 1 saturated carbocycles. The number of hydrogen-bond donors (Lipinski definition) is 1. The van der Waals surface area contributed by atoms with E-state index in [4.69, 9.17) is 4.74 Å². The fraction of sp³-hybridized carbons (Fsp3) is 0.889. The summed E-state index contributed by atoms with van der Waals surface area (Å²) in [5.74, 6) is 1.48. The van der Waals surface area contributed by atoms with Crippen molar-refractivity contribution in [1.29, 1.82) is 0 Å². The first-order valence-corrected chi connectivity index (χ1v) is 4.49. The van der Waals surface area contributed by atoms with E-state index in [2.05, 4.69) is 12.2 Å². The van der Waals surface area contributed by atoms with Gasteiger partial charge in [-0.1, -0.05) is 6.92 Å². The Morgan fingerprint density at radius 1 is 1.67 bits per heavy atom. The standard InChI is InChI=1S/C9H17NO2/c1-7(8-3-4-8)5-10-9(11)6-12-2/h7-8H,3-6H2,1-2H3,(H,10,11). The van der Waals surface area contributed by atoms with Crippen LogP contribution in [0.3, 0.4) is 0 Å². The third-order valence-electron chi connectivity index (χ3n) is 2.32. The molecule has 1 atom stereocenters. The summed E-state index contributed by atoms with van der Waals surface area (Å²) in [5.41, 5.74) is 0. The van der Waals surface area contributed by atoms with Gasteiger partial charge in [0.15, 0.2) is 0 Å². The van der Waals surface area contributed by atoms with E-state index in [0.717, 1.165) is 12.5 Å². The number of carbonyl (C=O) groups is 1. The minimum Gasteiger partial charge on any atom is -0.375 e. The van der Waals surface area contributed by atoms with Crippen molar-refractivity contribution in [2.75, 3.05) is 20.3 Å². The Morgan fingerprint density at radius 3 is 2.83 bits per heavy atom. The van der Waals surface area contributed by atoms with E-state index in [1.807, 2.05) is 0 Å². The molecule has 1 N–H and O–H groups in total. The maximum Gasteiger partial charge on any atom is 0.245 e. The van der Waals surface area contributed by atoms with Gasteiger partial charge in [-0.15, -0.1) is 0 Å². The Bertz CT molecular complexity index is 155. The number of ether oxygens (including phenoxy) is 1. The summed E-state index contributed by atoms with van der Waals surface area (Å²) >= 11 is 0. The second kappa shape index (κ2) is 4.45. The second-order valence-corrected chi connectivity index (χ2v) is 3.55. The highest BCUT2D eigenvalue weighted by molar-refractivity contribution is 5.77. The summed E-state index contributed by atoms with van der Waals surface area (Å²) in [6.07, 6.45) is 2.67. The zero-order valence-corrected chi connectivity index (χ0v) is 7.80. The molecule has 0 aromatic rings. The van der Waals surface area contributed by atoms with Gasteiger partial charge >= 0.3 is 0 Å². The molecule has 3 nitrogen and oxygen atoms in total. The van der Waals surface area contributed by atoms with Crippen LogP contribution in [0.15, 0.2) is 0 Å². The van der Waals surface area contributed by atoms with Crippen molar-refractivity contribution in [3.8, 4) is 0 Å². The lowest BCUT2D eigenvalue weighted by Gasteiger charge is -2.10. The van der Waals surface area contributed by atoms with E-state index in [9.17, 15) is 4.79 Å². The maximum atomic E-state index is 11.0. The smallest absolute Gasteiger partial charge is 0.245 e. The average molecular weight is 171 g/mol. The third-order valence-corrected chi connectivity index (χ3v) is 2.32. The predicted octanol–water partition coefficient (Wildman–Crippen LogP) is 0.795. The summed E-state index contributed by atoms with van der Waals surface area (Å²) in [5, 5.41) is 2.84. The minimum absolute atomic E-state index is 0.00926. The van der Waals surface area contributed by atoms with Crippen molar-refractivity contribution >= 4 is 5.91 Å². The van der Waals surface area contributed by atoms with Gasteiger partial charge < -0.3 is 10.1 Å². The first kappa shape index (κ1) is 9.52. The lowest BCUT2D eigenvalue weighted by atomic mass is 10.1. The molecular formula is C9H17NO2. The van der Waals surface area contributed by atoms with Gasteiger partial charge in [0.05, 0.1) is 0 Å². The van der Waals surface area contributed by atoms with Crippen LogP contribution in [0.25, 0.3) is 0 Å². The fourth-order valence-corrected chi connectivity index (χ4v) is 1.29. The largest absolute Gasteiger partial charge is 0.375 e. The first-order valence-electron chi connectivity index (χ1n) is 4.49. The monoisotopic (exact) mass is 171 g/mol. The summed E-state index contributed by atoms with van der Waals surface area (Å²) in [6.45, 7) is 3.16. The molecule has 1 aliphatic rings. The van der Waals surface area contributed by atoms with Crippen LogP contribution in [0.2, 0.25) is 0 Å². The normalized spacial score (nSPS) is 18.8. The van der Waals surface area contributed by atoms with Crippen LogP contribution in [0, 0.1) is 11.8 Å². The number of carbonyl (C=O) groups excluding carboxylic acids is 1. The van der Waals surface area contributed by atoms with Gasteiger partial charge in [0.1, 0.15) is 6.61 Å². The molecule has 0 radical (unpaired) electrons. The topological polar surface area (TPSA) is 38.3 Å². The van der Waals surface area contributed by atoms with Gasteiger partial charge in [0, 0.05) is 13.7 Å². The van der Waals surface area contributed by atoms with Crippen molar-refractivity contribution < 1.29 is 9.53 Å². The minimum atomic E-state index is -0.00926. The molecule has 0 aromatic carbocycles. The van der Waals surface area contributed by atoms with Crippen LogP contribution in [-0.4, -0.2) is 26.2 Å². The molecule has 1 rings (SSSR count). The van der Waals surface area contributed by atoms with Crippen molar-refractivity contribution in [2.24, 2.45) is 11.8 Å². The molecule has 3 heteroatoms. The highest BCUT2D eigenvalue weighted by Crippen LogP contribution is 2.35. The number of rotatable bonds is 5. The summed E-state index contributed by atoms with van der Waals surface area (Å²) in [7, 11) is 1.53. The molecule has 0 aromatic heterocycles.